The van der Waals surface area contributed by atoms with E-state index in [-0.39, 0.29) is 42.3 Å². The van der Waals surface area contributed by atoms with E-state index < -0.39 is 0 Å². The molecule has 0 saturated heterocycles. The number of methoxy groups -OCH3 is 1. The van der Waals surface area contributed by atoms with Crippen LogP contribution < -0.4 is 0 Å². The molecule has 3 unspecified atom stereocenters. The summed E-state index contributed by atoms with van der Waals surface area (Å²) >= 11 is 0. The smallest absolute Gasteiger partial charge is 0.332 e. The zero-order valence-electron chi connectivity index (χ0n) is 21.8. The Morgan fingerprint density at radius 2 is 2.03 bits per heavy atom. The van der Waals surface area contributed by atoms with Crippen molar-refractivity contribution in [3.05, 3.63) is 65.2 Å². The Balaban J connectivity index is 1.39. The number of rotatable bonds is 11. The Hall–Kier alpha value is -2.77. The summed E-state index contributed by atoms with van der Waals surface area (Å²) in [6, 6.07) is 13.1. The van der Waals surface area contributed by atoms with Crippen LogP contribution >= 0.6 is 0 Å². The van der Waals surface area contributed by atoms with Crippen molar-refractivity contribution >= 4 is 17.0 Å². The van der Waals surface area contributed by atoms with Gasteiger partial charge in [0, 0.05) is 25.4 Å². The van der Waals surface area contributed by atoms with Gasteiger partial charge in [-0.3, -0.25) is 0 Å². The highest BCUT2D eigenvalue weighted by molar-refractivity contribution is 5.74. The van der Waals surface area contributed by atoms with Crippen LogP contribution in [-0.4, -0.2) is 60.8 Å². The molecule has 194 valence electrons. The van der Waals surface area contributed by atoms with Crippen molar-refractivity contribution in [3.63, 3.8) is 0 Å². The number of halogens is 1. The van der Waals surface area contributed by atoms with Crippen molar-refractivity contribution in [2.45, 2.75) is 51.6 Å². The van der Waals surface area contributed by atoms with Gasteiger partial charge in [-0.25, -0.2) is 14.2 Å². The highest BCUT2D eigenvalue weighted by Crippen LogP contribution is 2.43. The number of para-hydroxylation sites is 2. The maximum absolute atomic E-state index is 14.1. The van der Waals surface area contributed by atoms with Gasteiger partial charge >= 0.3 is 5.97 Å². The third kappa shape index (κ3) is 6.31. The summed E-state index contributed by atoms with van der Waals surface area (Å²) in [5.74, 6) is 0.846. The van der Waals surface area contributed by atoms with Crippen molar-refractivity contribution in [3.8, 4) is 0 Å². The lowest BCUT2D eigenvalue weighted by molar-refractivity contribution is -0.159. The van der Waals surface area contributed by atoms with Crippen LogP contribution in [0.1, 0.15) is 49.6 Å². The van der Waals surface area contributed by atoms with E-state index >= 15 is 0 Å². The number of benzene rings is 2. The van der Waals surface area contributed by atoms with Crippen LogP contribution in [-0.2, 0) is 27.1 Å². The van der Waals surface area contributed by atoms with Crippen LogP contribution in [0.25, 0.3) is 11.0 Å². The van der Waals surface area contributed by atoms with E-state index in [2.05, 4.69) is 35.8 Å². The SMILES string of the molecule is COCC(=O)OC1C(CCN(C)CCCc2nc3ccccc3[nH]2)Cc2cc(F)ccc2C1C(C)C. The third-order valence-corrected chi connectivity index (χ3v) is 7.29. The second kappa shape index (κ2) is 12.0. The molecule has 3 atom stereocenters. The first-order valence-electron chi connectivity index (χ1n) is 12.9. The van der Waals surface area contributed by atoms with E-state index in [4.69, 9.17) is 9.47 Å². The molecule has 3 aromatic rings. The van der Waals surface area contributed by atoms with Crippen LogP contribution in [0.4, 0.5) is 4.39 Å². The van der Waals surface area contributed by atoms with Gasteiger partial charge in [0.1, 0.15) is 24.4 Å². The van der Waals surface area contributed by atoms with Gasteiger partial charge in [-0.15, -0.1) is 0 Å². The largest absolute Gasteiger partial charge is 0.460 e. The molecule has 0 aliphatic heterocycles. The standard InChI is InChI=1S/C29H38FN3O3/c1-19(2)28-23-12-11-22(30)17-21(23)16-20(29(28)36-27(34)18-35-4)13-15-33(3)14-7-10-26-31-24-8-5-6-9-25(24)32-26/h5-6,8-9,11-12,17,19-20,28-29H,7,10,13-16,18H2,1-4H3,(H,31,32). The number of imidazole rings is 1. The number of aromatic amines is 1. The number of fused-ring (bicyclic) bond motifs is 2. The lowest BCUT2D eigenvalue weighted by Crippen LogP contribution is -2.42. The fourth-order valence-electron chi connectivity index (χ4n) is 5.56. The maximum atomic E-state index is 14.1. The summed E-state index contributed by atoms with van der Waals surface area (Å²) < 4.78 is 25.1. The quantitative estimate of drug-likeness (QED) is 0.374. The van der Waals surface area contributed by atoms with Gasteiger partial charge in [-0.05, 0) is 80.7 Å². The summed E-state index contributed by atoms with van der Waals surface area (Å²) in [6.07, 6.45) is 3.20. The van der Waals surface area contributed by atoms with Gasteiger partial charge in [0.15, 0.2) is 0 Å². The van der Waals surface area contributed by atoms with Gasteiger partial charge in [0.05, 0.1) is 11.0 Å². The Bertz CT molecular complexity index is 1130. The fraction of sp³-hybridized carbons (Fsp3) is 0.517. The van der Waals surface area contributed by atoms with Gasteiger partial charge in [-0.2, -0.15) is 0 Å². The Morgan fingerprint density at radius 1 is 1.22 bits per heavy atom. The van der Waals surface area contributed by atoms with E-state index in [0.717, 1.165) is 60.3 Å². The van der Waals surface area contributed by atoms with Crippen LogP contribution in [0.5, 0.6) is 0 Å². The lowest BCUT2D eigenvalue weighted by atomic mass is 9.69. The first-order chi connectivity index (χ1) is 17.4. The number of carbonyl (C=O) groups is 1. The number of hydrogen-bond acceptors (Lipinski definition) is 5. The number of carbonyl (C=O) groups excluding carboxylic acids is 1. The molecule has 1 N–H and O–H groups in total. The van der Waals surface area contributed by atoms with Gasteiger partial charge in [0.2, 0.25) is 0 Å². The molecule has 1 aromatic heterocycles. The number of nitrogens with one attached hydrogen (secondary N) is 1. The number of aryl methyl sites for hydroxylation is 1. The van der Waals surface area contributed by atoms with Gasteiger partial charge in [-0.1, -0.05) is 32.0 Å². The molecule has 0 radical (unpaired) electrons. The molecule has 0 spiro atoms. The second-order valence-corrected chi connectivity index (χ2v) is 10.4. The van der Waals surface area contributed by atoms with Crippen molar-refractivity contribution in [2.75, 3.05) is 33.9 Å². The molecule has 0 saturated carbocycles. The Morgan fingerprint density at radius 3 is 2.78 bits per heavy atom. The van der Waals surface area contributed by atoms with Crippen molar-refractivity contribution in [1.82, 2.24) is 14.9 Å². The highest BCUT2D eigenvalue weighted by Gasteiger charge is 2.40. The molecule has 0 amide bonds. The first kappa shape index (κ1) is 26.3. The van der Waals surface area contributed by atoms with Crippen molar-refractivity contribution in [2.24, 2.45) is 11.8 Å². The molecule has 2 aromatic carbocycles. The van der Waals surface area contributed by atoms with E-state index in [1.807, 2.05) is 30.3 Å². The number of nitrogens with zero attached hydrogens (tertiary/aromatic N) is 2. The average molecular weight is 496 g/mol. The summed E-state index contributed by atoms with van der Waals surface area (Å²) in [5.41, 5.74) is 4.20. The molecular formula is C29H38FN3O3. The fourth-order valence-corrected chi connectivity index (χ4v) is 5.56. The molecule has 6 nitrogen and oxygen atoms in total. The summed E-state index contributed by atoms with van der Waals surface area (Å²) in [7, 11) is 3.62. The third-order valence-electron chi connectivity index (χ3n) is 7.29. The number of aromatic nitrogens is 2. The van der Waals surface area contributed by atoms with E-state index in [9.17, 15) is 9.18 Å². The minimum Gasteiger partial charge on any atom is -0.460 e. The minimum absolute atomic E-state index is 0.0264. The predicted octanol–water partition coefficient (Wildman–Crippen LogP) is 5.13. The highest BCUT2D eigenvalue weighted by atomic mass is 19.1. The normalized spacial score (nSPS) is 19.7. The molecule has 0 bridgehead atoms. The zero-order valence-corrected chi connectivity index (χ0v) is 21.8. The maximum Gasteiger partial charge on any atom is 0.332 e. The Kier molecular flexibility index (Phi) is 8.75. The molecule has 1 aliphatic carbocycles. The number of H-pyrrole nitrogens is 1. The molecule has 7 heteroatoms. The second-order valence-electron chi connectivity index (χ2n) is 10.4. The van der Waals surface area contributed by atoms with E-state index in [1.54, 1.807) is 6.07 Å². The summed E-state index contributed by atoms with van der Waals surface area (Å²) in [5, 5.41) is 0. The zero-order chi connectivity index (χ0) is 25.7. The van der Waals surface area contributed by atoms with Crippen molar-refractivity contribution < 1.29 is 18.7 Å². The molecule has 0 fully saturated rings. The molecule has 36 heavy (non-hydrogen) atoms. The van der Waals surface area contributed by atoms with Crippen LogP contribution in [0.15, 0.2) is 42.5 Å². The Labute approximate surface area is 213 Å². The van der Waals surface area contributed by atoms with Crippen molar-refractivity contribution in [1.29, 1.82) is 0 Å². The monoisotopic (exact) mass is 495 g/mol. The van der Waals surface area contributed by atoms with Crippen LogP contribution in [0, 0.1) is 17.7 Å². The lowest BCUT2D eigenvalue weighted by Gasteiger charge is -2.41. The minimum atomic E-state index is -0.345. The number of ether oxygens (including phenoxy) is 2. The molecule has 1 aliphatic rings. The van der Waals surface area contributed by atoms with E-state index in [1.165, 1.54) is 13.2 Å². The molecular weight excluding hydrogens is 457 g/mol. The molecule has 1 heterocycles. The van der Waals surface area contributed by atoms with E-state index in [0.29, 0.717) is 6.42 Å². The number of hydrogen-bond donors (Lipinski definition) is 1. The topological polar surface area (TPSA) is 67.5 Å². The van der Waals surface area contributed by atoms with Crippen LogP contribution in [0.3, 0.4) is 0 Å². The summed E-state index contributed by atoms with van der Waals surface area (Å²) in [4.78, 5) is 22.8. The average Bonchev–Trinajstić information content (AvgIpc) is 3.25. The first-order valence-corrected chi connectivity index (χ1v) is 12.9. The summed E-state index contributed by atoms with van der Waals surface area (Å²) in [6.45, 7) is 6.03. The van der Waals surface area contributed by atoms with Gasteiger partial charge in [0.25, 0.3) is 0 Å². The van der Waals surface area contributed by atoms with Gasteiger partial charge < -0.3 is 19.4 Å². The number of esters is 1. The predicted molar refractivity (Wildman–Crippen MR) is 139 cm³/mol. The van der Waals surface area contributed by atoms with Crippen LogP contribution in [0.2, 0.25) is 0 Å². The molecule has 4 rings (SSSR count).